The van der Waals surface area contributed by atoms with Crippen molar-refractivity contribution in [1.29, 1.82) is 0 Å². The number of nitrogens with zero attached hydrogens (tertiary/aromatic N) is 2. The summed E-state index contributed by atoms with van der Waals surface area (Å²) in [5.41, 5.74) is 6.07. The van der Waals surface area contributed by atoms with Crippen LogP contribution in [0.4, 0.5) is 0 Å². The fourth-order valence-electron chi connectivity index (χ4n) is 3.29. The van der Waals surface area contributed by atoms with Crippen LogP contribution in [0.25, 0.3) is 11.0 Å². The molecule has 0 atom stereocenters. The molecule has 33 heavy (non-hydrogen) atoms. The van der Waals surface area contributed by atoms with Crippen molar-refractivity contribution in [3.05, 3.63) is 94.5 Å². The maximum atomic E-state index is 12.3. The second-order valence-electron chi connectivity index (χ2n) is 7.13. The van der Waals surface area contributed by atoms with E-state index in [1.54, 1.807) is 18.2 Å². The van der Waals surface area contributed by atoms with E-state index in [1.165, 1.54) is 24.0 Å². The summed E-state index contributed by atoms with van der Waals surface area (Å²) in [6.45, 7) is 0.620. The highest BCUT2D eigenvalue weighted by molar-refractivity contribution is 7.99. The van der Waals surface area contributed by atoms with Crippen molar-refractivity contribution < 1.29 is 19.3 Å². The van der Waals surface area contributed by atoms with Gasteiger partial charge < -0.3 is 5.11 Å². The number of aromatic carboxylic acids is 1. The molecular formula is C24H20ClN4O3S+. The Bertz CT molecular complexity index is 1340. The lowest BCUT2D eigenvalue weighted by Gasteiger charge is -2.03. The van der Waals surface area contributed by atoms with Crippen LogP contribution in [0.15, 0.2) is 83.1 Å². The van der Waals surface area contributed by atoms with Crippen molar-refractivity contribution >= 4 is 52.5 Å². The number of aromatic nitrogens is 2. The average molecular weight is 480 g/mol. The largest absolute Gasteiger partial charge is 0.478 e. The lowest BCUT2D eigenvalue weighted by atomic mass is 10.1. The van der Waals surface area contributed by atoms with Crippen molar-refractivity contribution in [2.75, 3.05) is 5.75 Å². The standard InChI is InChI=1S/C24H19ClN4O3S/c25-18-11-9-16(10-12-18)14-29-21-8-4-3-7-20(21)27-24(29)33-15-22(30)28-26-13-17-5-1-2-6-19(17)23(31)32/h1-13H,14-15H2,(H2,28,30,31,32)/p+1. The van der Waals surface area contributed by atoms with Crippen LogP contribution in [0, 0.1) is 0 Å². The number of fused-ring (bicyclic) bond motifs is 1. The summed E-state index contributed by atoms with van der Waals surface area (Å²) in [6, 6.07) is 22.0. The number of para-hydroxylation sites is 2. The number of imidazole rings is 1. The molecule has 0 aliphatic heterocycles. The Hall–Kier alpha value is -3.62. The smallest absolute Gasteiger partial charge is 0.336 e. The molecule has 1 aromatic heterocycles. The van der Waals surface area contributed by atoms with Gasteiger partial charge in [0.05, 0.1) is 17.5 Å². The first kappa shape index (κ1) is 22.6. The number of amides is 1. The highest BCUT2D eigenvalue weighted by atomic mass is 35.5. The fourth-order valence-corrected chi connectivity index (χ4v) is 4.25. The average Bonchev–Trinajstić information content (AvgIpc) is 3.16. The van der Waals surface area contributed by atoms with Gasteiger partial charge in [-0.25, -0.2) is 19.8 Å². The van der Waals surface area contributed by atoms with Crippen LogP contribution in [0.2, 0.25) is 5.02 Å². The van der Waals surface area contributed by atoms with Gasteiger partial charge in [-0.15, -0.1) is 0 Å². The van der Waals surface area contributed by atoms with Crippen LogP contribution in [0.1, 0.15) is 21.5 Å². The molecule has 0 unspecified atom stereocenters. The zero-order valence-electron chi connectivity index (χ0n) is 17.4. The third-order valence-electron chi connectivity index (χ3n) is 4.86. The van der Waals surface area contributed by atoms with Crippen LogP contribution in [0.5, 0.6) is 0 Å². The van der Waals surface area contributed by atoms with E-state index < -0.39 is 5.97 Å². The van der Waals surface area contributed by atoms with Crippen molar-refractivity contribution in [3.63, 3.8) is 0 Å². The number of thioether (sulfide) groups is 1. The Labute approximate surface area is 199 Å². The number of carbonyl (C=O) groups excluding carboxylic acids is 1. The molecule has 0 spiro atoms. The van der Waals surface area contributed by atoms with E-state index in [4.69, 9.17) is 11.6 Å². The first-order valence-electron chi connectivity index (χ1n) is 10.0. The first-order valence-corrected chi connectivity index (χ1v) is 11.4. The number of hydrazone groups is 1. The minimum atomic E-state index is -1.05. The molecule has 7 nitrogen and oxygen atoms in total. The van der Waals surface area contributed by atoms with Crippen LogP contribution in [0.3, 0.4) is 0 Å². The van der Waals surface area contributed by atoms with Crippen molar-refractivity contribution in [2.24, 2.45) is 5.10 Å². The van der Waals surface area contributed by atoms with E-state index >= 15 is 0 Å². The predicted molar refractivity (Wildman–Crippen MR) is 129 cm³/mol. The number of hydrogen-bond acceptors (Lipinski definition) is 4. The molecule has 166 valence electrons. The van der Waals surface area contributed by atoms with Gasteiger partial charge in [-0.1, -0.05) is 54.1 Å². The molecular weight excluding hydrogens is 460 g/mol. The molecule has 0 aliphatic rings. The second kappa shape index (κ2) is 10.3. The Morgan fingerprint density at radius 2 is 1.79 bits per heavy atom. The Morgan fingerprint density at radius 1 is 1.06 bits per heavy atom. The van der Waals surface area contributed by atoms with E-state index in [2.05, 4.69) is 20.1 Å². The topological polar surface area (TPSA) is 98.4 Å². The maximum Gasteiger partial charge on any atom is 0.336 e. The van der Waals surface area contributed by atoms with Crippen LogP contribution < -0.4 is 9.99 Å². The number of carboxylic acids is 1. The van der Waals surface area contributed by atoms with Gasteiger partial charge in [-0.3, -0.25) is 4.79 Å². The van der Waals surface area contributed by atoms with Crippen LogP contribution in [-0.2, 0) is 11.3 Å². The van der Waals surface area contributed by atoms with E-state index in [1.807, 2.05) is 48.5 Å². The van der Waals surface area contributed by atoms with Gasteiger partial charge in [0, 0.05) is 10.6 Å². The summed E-state index contributed by atoms with van der Waals surface area (Å²) in [6.07, 6.45) is 1.33. The molecule has 0 saturated heterocycles. The minimum absolute atomic E-state index is 0.117. The number of carboxylic acid groups (broad SMARTS) is 1. The van der Waals surface area contributed by atoms with Gasteiger partial charge in [-0.2, -0.15) is 5.10 Å². The molecule has 3 N–H and O–H groups in total. The van der Waals surface area contributed by atoms with Crippen LogP contribution in [-0.4, -0.2) is 33.9 Å². The van der Waals surface area contributed by atoms with Crippen molar-refractivity contribution in [1.82, 2.24) is 10.4 Å². The summed E-state index contributed by atoms with van der Waals surface area (Å²) in [4.78, 5) is 27.0. The van der Waals surface area contributed by atoms with Gasteiger partial charge in [0.25, 0.3) is 5.91 Å². The SMILES string of the molecule is O=C(CSc1[nH]c2ccccc2[n+]1Cc1ccc(Cl)cc1)NN=Cc1ccccc1C(=O)O. The van der Waals surface area contributed by atoms with Crippen LogP contribution >= 0.6 is 23.4 Å². The Balaban J connectivity index is 1.45. The lowest BCUT2D eigenvalue weighted by Crippen LogP contribution is -2.36. The van der Waals surface area contributed by atoms with Gasteiger partial charge >= 0.3 is 11.1 Å². The van der Waals surface area contributed by atoms with E-state index in [9.17, 15) is 14.7 Å². The predicted octanol–water partition coefficient (Wildman–Crippen LogP) is 4.10. The first-order chi connectivity index (χ1) is 16.0. The third kappa shape index (κ3) is 5.60. The molecule has 4 aromatic rings. The molecule has 4 rings (SSSR count). The fraction of sp³-hybridized carbons (Fsp3) is 0.0833. The molecule has 1 heterocycles. The third-order valence-corrected chi connectivity index (χ3v) is 6.11. The number of halogens is 1. The summed E-state index contributed by atoms with van der Waals surface area (Å²) in [7, 11) is 0. The van der Waals surface area contributed by atoms with Crippen molar-refractivity contribution in [3.8, 4) is 0 Å². The number of nitrogens with one attached hydrogen (secondary N) is 2. The highest BCUT2D eigenvalue weighted by Gasteiger charge is 2.20. The molecule has 3 aromatic carbocycles. The van der Waals surface area contributed by atoms with Crippen molar-refractivity contribution in [2.45, 2.75) is 11.7 Å². The number of hydrogen-bond donors (Lipinski definition) is 3. The number of benzene rings is 3. The molecule has 1 amide bonds. The monoisotopic (exact) mass is 479 g/mol. The lowest BCUT2D eigenvalue weighted by molar-refractivity contribution is -0.700. The normalized spacial score (nSPS) is 11.2. The zero-order chi connectivity index (χ0) is 23.2. The number of aromatic amines is 1. The van der Waals surface area contributed by atoms with E-state index in [-0.39, 0.29) is 17.2 Å². The number of carbonyl (C=O) groups is 2. The van der Waals surface area contributed by atoms with E-state index in [0.29, 0.717) is 17.1 Å². The molecule has 0 fully saturated rings. The summed E-state index contributed by atoms with van der Waals surface area (Å²) in [5, 5.41) is 14.6. The second-order valence-corrected chi connectivity index (χ2v) is 8.53. The van der Waals surface area contributed by atoms with Gasteiger partial charge in [0.1, 0.15) is 6.54 Å². The summed E-state index contributed by atoms with van der Waals surface area (Å²) in [5.74, 6) is -1.23. The number of rotatable bonds is 8. The molecule has 0 radical (unpaired) electrons. The Kier molecular flexibility index (Phi) is 7.07. The quantitative estimate of drug-likeness (QED) is 0.153. The van der Waals surface area contributed by atoms with Gasteiger partial charge in [-0.05, 0) is 47.7 Å². The Morgan fingerprint density at radius 3 is 2.58 bits per heavy atom. The minimum Gasteiger partial charge on any atom is -0.478 e. The highest BCUT2D eigenvalue weighted by Crippen LogP contribution is 2.19. The van der Waals surface area contributed by atoms with Gasteiger partial charge in [0.15, 0.2) is 11.0 Å². The zero-order valence-corrected chi connectivity index (χ0v) is 18.9. The summed E-state index contributed by atoms with van der Waals surface area (Å²) < 4.78 is 2.11. The maximum absolute atomic E-state index is 12.3. The summed E-state index contributed by atoms with van der Waals surface area (Å²) >= 11 is 7.37. The molecule has 0 saturated carbocycles. The van der Waals surface area contributed by atoms with Gasteiger partial charge in [0.2, 0.25) is 0 Å². The molecule has 0 bridgehead atoms. The van der Waals surface area contributed by atoms with E-state index in [0.717, 1.165) is 21.8 Å². The molecule has 9 heteroatoms. The number of H-pyrrole nitrogens is 1. The molecule has 0 aliphatic carbocycles.